The third-order valence-electron chi connectivity index (χ3n) is 7.50. The van der Waals surface area contributed by atoms with Crippen LogP contribution in [0.15, 0.2) is 18.2 Å². The molecule has 9 heteroatoms. The van der Waals surface area contributed by atoms with Crippen molar-refractivity contribution >= 4 is 11.8 Å². The number of carbonyl (C=O) groups excluding carboxylic acids is 2. The number of hydrogen-bond donors (Lipinski definition) is 4. The summed E-state index contributed by atoms with van der Waals surface area (Å²) in [6, 6.07) is 5.47. The first-order valence-electron chi connectivity index (χ1n) is 14.0. The molecule has 0 saturated carbocycles. The van der Waals surface area contributed by atoms with Gasteiger partial charge in [0.2, 0.25) is 11.8 Å². The molecule has 1 aromatic carbocycles. The Morgan fingerprint density at radius 1 is 1.03 bits per heavy atom. The van der Waals surface area contributed by atoms with Gasteiger partial charge in [0, 0.05) is 38.6 Å². The van der Waals surface area contributed by atoms with Crippen LogP contribution in [-0.2, 0) is 20.7 Å². The molecule has 0 spiro atoms. The van der Waals surface area contributed by atoms with Crippen LogP contribution in [0.1, 0.15) is 66.4 Å². The molecule has 0 aliphatic carbocycles. The van der Waals surface area contributed by atoms with Gasteiger partial charge in [-0.05, 0) is 68.6 Å². The number of amides is 2. The van der Waals surface area contributed by atoms with E-state index in [1.165, 1.54) is 0 Å². The normalized spacial score (nSPS) is 15.1. The van der Waals surface area contributed by atoms with E-state index in [-0.39, 0.29) is 30.7 Å². The number of methoxy groups -OCH3 is 2. The largest absolute Gasteiger partial charge is 0.493 e. The zero-order valence-electron chi connectivity index (χ0n) is 25.3. The topological polar surface area (TPSA) is 146 Å². The molecule has 0 aliphatic rings. The van der Waals surface area contributed by atoms with Crippen LogP contribution in [0.5, 0.6) is 11.5 Å². The average molecular weight is 552 g/mol. The molecule has 1 rings (SSSR count). The fraction of sp³-hybridized carbons (Fsp3) is 0.733. The van der Waals surface area contributed by atoms with E-state index in [0.717, 1.165) is 18.4 Å². The highest BCUT2D eigenvalue weighted by Crippen LogP contribution is 2.32. The number of nitrogens with two attached hydrogens (primary N) is 2. The summed E-state index contributed by atoms with van der Waals surface area (Å²) in [6.45, 7) is 12.9. The van der Waals surface area contributed by atoms with Gasteiger partial charge in [-0.25, -0.2) is 0 Å². The third kappa shape index (κ3) is 11.7. The van der Waals surface area contributed by atoms with E-state index in [0.29, 0.717) is 37.1 Å². The highest BCUT2D eigenvalue weighted by molar-refractivity contribution is 5.83. The molecule has 0 bridgehead atoms. The minimum atomic E-state index is -0.854. The molecule has 0 saturated heterocycles. The van der Waals surface area contributed by atoms with Gasteiger partial charge in [0.1, 0.15) is 0 Å². The molecule has 0 radical (unpaired) electrons. The van der Waals surface area contributed by atoms with Crippen molar-refractivity contribution < 1.29 is 28.9 Å². The molecule has 9 nitrogen and oxygen atoms in total. The Balaban J connectivity index is 2.87. The van der Waals surface area contributed by atoms with Crippen LogP contribution in [0.25, 0.3) is 0 Å². The Labute approximate surface area is 235 Å². The standard InChI is InChI=1S/C30H53N3O6/c1-19(2)22(14-21-10-11-26(38-8)27(15-21)39-13-9-12-37-7)16-24(31)25(34)17-23(20(3)4)28(35)33-18-30(5,6)29(32)36/h10-11,15,19-20,22-25,34H,9,12-14,16-18,31H2,1-8H3,(H2,32,36)(H,33,35)/t22?,23-,24-,25?/m0/s1. The smallest absolute Gasteiger partial charge is 0.224 e. The second-order valence-electron chi connectivity index (χ2n) is 11.9. The molecule has 1 aromatic rings. The number of aliphatic hydroxyl groups excluding tert-OH is 1. The van der Waals surface area contributed by atoms with Crippen LogP contribution >= 0.6 is 0 Å². The number of carbonyl (C=O) groups is 2. The number of nitrogens with one attached hydrogen (secondary N) is 1. The Bertz CT molecular complexity index is 889. The van der Waals surface area contributed by atoms with Crippen LogP contribution in [0.3, 0.4) is 0 Å². The highest BCUT2D eigenvalue weighted by atomic mass is 16.5. The summed E-state index contributed by atoms with van der Waals surface area (Å²) in [6.07, 6.45) is 1.56. The van der Waals surface area contributed by atoms with Crippen molar-refractivity contribution in [2.45, 2.75) is 79.4 Å². The summed E-state index contributed by atoms with van der Waals surface area (Å²) in [5.74, 6) is 0.792. The molecule has 39 heavy (non-hydrogen) atoms. The molecule has 0 aliphatic heterocycles. The Morgan fingerprint density at radius 3 is 2.23 bits per heavy atom. The lowest BCUT2D eigenvalue weighted by Gasteiger charge is -2.30. The molecular weight excluding hydrogens is 498 g/mol. The van der Waals surface area contributed by atoms with Gasteiger partial charge in [-0.1, -0.05) is 33.8 Å². The fourth-order valence-electron chi connectivity index (χ4n) is 4.39. The zero-order chi connectivity index (χ0) is 29.8. The summed E-state index contributed by atoms with van der Waals surface area (Å²) in [5, 5.41) is 13.9. The van der Waals surface area contributed by atoms with Gasteiger partial charge in [-0.3, -0.25) is 9.59 Å². The zero-order valence-corrected chi connectivity index (χ0v) is 25.3. The van der Waals surface area contributed by atoms with Crippen molar-refractivity contribution in [2.75, 3.05) is 34.0 Å². The maximum Gasteiger partial charge on any atom is 0.224 e. The maximum absolute atomic E-state index is 12.9. The number of rotatable bonds is 19. The summed E-state index contributed by atoms with van der Waals surface area (Å²) in [7, 11) is 3.29. The molecule has 0 aromatic heterocycles. The van der Waals surface area contributed by atoms with Gasteiger partial charge in [0.25, 0.3) is 0 Å². The average Bonchev–Trinajstić information content (AvgIpc) is 2.87. The highest BCUT2D eigenvalue weighted by Gasteiger charge is 2.32. The molecular formula is C30H53N3O6. The Hall–Kier alpha value is -2.36. The predicted molar refractivity (Wildman–Crippen MR) is 155 cm³/mol. The minimum absolute atomic E-state index is 0.00829. The molecule has 2 amide bonds. The lowest BCUT2D eigenvalue weighted by Crippen LogP contribution is -2.46. The second-order valence-corrected chi connectivity index (χ2v) is 11.9. The van der Waals surface area contributed by atoms with Gasteiger partial charge in [0.15, 0.2) is 11.5 Å². The van der Waals surface area contributed by atoms with Crippen molar-refractivity contribution in [3.05, 3.63) is 23.8 Å². The minimum Gasteiger partial charge on any atom is -0.493 e. The van der Waals surface area contributed by atoms with E-state index in [1.807, 2.05) is 32.0 Å². The van der Waals surface area contributed by atoms with E-state index < -0.39 is 29.4 Å². The molecule has 0 heterocycles. The van der Waals surface area contributed by atoms with Gasteiger partial charge in [-0.15, -0.1) is 0 Å². The van der Waals surface area contributed by atoms with E-state index in [2.05, 4.69) is 19.2 Å². The van der Waals surface area contributed by atoms with Crippen molar-refractivity contribution in [1.29, 1.82) is 0 Å². The van der Waals surface area contributed by atoms with Crippen LogP contribution in [0.4, 0.5) is 0 Å². The van der Waals surface area contributed by atoms with Gasteiger partial charge in [0.05, 0.1) is 25.2 Å². The van der Waals surface area contributed by atoms with E-state index in [9.17, 15) is 14.7 Å². The first-order valence-corrected chi connectivity index (χ1v) is 14.0. The number of ether oxygens (including phenoxy) is 3. The molecule has 0 fully saturated rings. The molecule has 224 valence electrons. The van der Waals surface area contributed by atoms with Gasteiger partial charge < -0.3 is 36.1 Å². The lowest BCUT2D eigenvalue weighted by atomic mass is 9.80. The quantitative estimate of drug-likeness (QED) is 0.193. The van der Waals surface area contributed by atoms with Gasteiger partial charge >= 0.3 is 0 Å². The molecule has 6 N–H and O–H groups in total. The first-order chi connectivity index (χ1) is 18.2. The Morgan fingerprint density at radius 2 is 1.69 bits per heavy atom. The van der Waals surface area contributed by atoms with Crippen molar-refractivity contribution in [3.8, 4) is 11.5 Å². The van der Waals surface area contributed by atoms with Crippen LogP contribution < -0.4 is 26.3 Å². The van der Waals surface area contributed by atoms with E-state index in [4.69, 9.17) is 25.7 Å². The predicted octanol–water partition coefficient (Wildman–Crippen LogP) is 3.29. The van der Waals surface area contributed by atoms with Crippen molar-refractivity contribution in [1.82, 2.24) is 5.32 Å². The van der Waals surface area contributed by atoms with Crippen molar-refractivity contribution in [3.63, 3.8) is 0 Å². The number of hydrogen-bond acceptors (Lipinski definition) is 7. The first kappa shape index (κ1) is 34.7. The summed E-state index contributed by atoms with van der Waals surface area (Å²) in [4.78, 5) is 24.5. The lowest BCUT2D eigenvalue weighted by molar-refractivity contribution is -0.130. The fourth-order valence-corrected chi connectivity index (χ4v) is 4.39. The monoisotopic (exact) mass is 551 g/mol. The molecule has 2 unspecified atom stereocenters. The Kier molecular flexibility index (Phi) is 14.8. The molecule has 4 atom stereocenters. The van der Waals surface area contributed by atoms with Crippen LogP contribution in [0.2, 0.25) is 0 Å². The van der Waals surface area contributed by atoms with E-state index >= 15 is 0 Å². The van der Waals surface area contributed by atoms with Crippen LogP contribution in [-0.4, -0.2) is 63.0 Å². The number of benzene rings is 1. The SMILES string of the molecule is COCCCOc1cc(CC(C[C@H](N)C(O)C[C@H](C(=O)NCC(C)(C)C(N)=O)C(C)C)C(C)C)ccc1OC. The van der Waals surface area contributed by atoms with Crippen LogP contribution in [0, 0.1) is 29.1 Å². The van der Waals surface area contributed by atoms with E-state index in [1.54, 1.807) is 28.1 Å². The number of aliphatic hydroxyl groups is 1. The number of primary amides is 1. The van der Waals surface area contributed by atoms with Crippen molar-refractivity contribution in [2.24, 2.45) is 40.6 Å². The third-order valence-corrected chi connectivity index (χ3v) is 7.50. The maximum atomic E-state index is 12.9. The summed E-state index contributed by atoms with van der Waals surface area (Å²) < 4.78 is 16.5. The second kappa shape index (κ2) is 16.7. The van der Waals surface area contributed by atoms with Gasteiger partial charge in [-0.2, -0.15) is 0 Å². The summed E-state index contributed by atoms with van der Waals surface area (Å²) >= 11 is 0. The summed E-state index contributed by atoms with van der Waals surface area (Å²) in [5.41, 5.74) is 12.2.